The molecule has 1 aliphatic carbocycles. The van der Waals surface area contributed by atoms with Gasteiger partial charge >= 0.3 is 0 Å². The molecule has 1 aliphatic rings. The van der Waals surface area contributed by atoms with Crippen LogP contribution >= 0.6 is 11.6 Å². The van der Waals surface area contributed by atoms with Gasteiger partial charge in [0.05, 0.1) is 0 Å². The predicted octanol–water partition coefficient (Wildman–Crippen LogP) is 2.76. The summed E-state index contributed by atoms with van der Waals surface area (Å²) in [7, 11) is 1.71. The summed E-state index contributed by atoms with van der Waals surface area (Å²) >= 11 is 6.12. The van der Waals surface area contributed by atoms with Gasteiger partial charge in [-0.25, -0.2) is 9.97 Å². The van der Waals surface area contributed by atoms with Crippen LogP contribution in [0, 0.1) is 6.92 Å². The lowest BCUT2D eigenvalue weighted by Crippen LogP contribution is -2.09. The van der Waals surface area contributed by atoms with Crippen LogP contribution in [-0.4, -0.2) is 30.2 Å². The van der Waals surface area contributed by atoms with Gasteiger partial charge in [-0.1, -0.05) is 11.6 Å². The van der Waals surface area contributed by atoms with Crippen LogP contribution in [0.25, 0.3) is 0 Å². The normalized spacial score (nSPS) is 15.0. The fourth-order valence-electron chi connectivity index (χ4n) is 1.63. The van der Waals surface area contributed by atoms with Crippen molar-refractivity contribution in [2.45, 2.75) is 32.1 Å². The summed E-state index contributed by atoms with van der Waals surface area (Å²) in [4.78, 5) is 8.87. The highest BCUT2D eigenvalue weighted by Crippen LogP contribution is 2.39. The first-order chi connectivity index (χ1) is 8.22. The Bertz CT molecular complexity index is 394. The van der Waals surface area contributed by atoms with Crippen LogP contribution in [0.1, 0.15) is 36.6 Å². The minimum atomic E-state index is 0.521. The van der Waals surface area contributed by atoms with Crippen LogP contribution in [0.2, 0.25) is 5.15 Å². The van der Waals surface area contributed by atoms with E-state index < -0.39 is 0 Å². The highest BCUT2D eigenvalue weighted by Gasteiger charge is 2.27. The molecule has 5 heteroatoms. The van der Waals surface area contributed by atoms with Gasteiger partial charge in [0.25, 0.3) is 0 Å². The number of nitrogens with zero attached hydrogens (tertiary/aromatic N) is 2. The van der Waals surface area contributed by atoms with Gasteiger partial charge < -0.3 is 10.1 Å². The topological polar surface area (TPSA) is 47.0 Å². The predicted molar refractivity (Wildman–Crippen MR) is 68.7 cm³/mol. The molecule has 1 saturated carbocycles. The third kappa shape index (κ3) is 3.30. The van der Waals surface area contributed by atoms with E-state index in [4.69, 9.17) is 16.3 Å². The van der Waals surface area contributed by atoms with Crippen LogP contribution in [-0.2, 0) is 4.74 Å². The second-order valence-corrected chi connectivity index (χ2v) is 4.75. The zero-order valence-corrected chi connectivity index (χ0v) is 11.0. The molecule has 1 heterocycles. The first-order valence-electron chi connectivity index (χ1n) is 5.99. The Morgan fingerprint density at radius 2 is 2.18 bits per heavy atom. The molecule has 2 rings (SSSR count). The van der Waals surface area contributed by atoms with Gasteiger partial charge in [-0.3, -0.25) is 0 Å². The van der Waals surface area contributed by atoms with Gasteiger partial charge in [0.15, 0.2) is 0 Å². The molecule has 1 aromatic heterocycles. The number of nitrogens with one attached hydrogen (secondary N) is 1. The van der Waals surface area contributed by atoms with E-state index in [-0.39, 0.29) is 0 Å². The van der Waals surface area contributed by atoms with Crippen molar-refractivity contribution in [2.24, 2.45) is 0 Å². The van der Waals surface area contributed by atoms with Gasteiger partial charge in [0.2, 0.25) is 0 Å². The zero-order valence-electron chi connectivity index (χ0n) is 10.3. The van der Waals surface area contributed by atoms with E-state index in [2.05, 4.69) is 15.3 Å². The van der Waals surface area contributed by atoms with E-state index in [0.29, 0.717) is 11.1 Å². The van der Waals surface area contributed by atoms with Crippen LogP contribution in [0.4, 0.5) is 5.82 Å². The smallest absolute Gasteiger partial charge is 0.137 e. The SMILES string of the molecule is COCCCNc1nc(C2CC2)nc(Cl)c1C. The monoisotopic (exact) mass is 255 g/mol. The number of hydrogen-bond acceptors (Lipinski definition) is 4. The summed E-state index contributed by atoms with van der Waals surface area (Å²) in [5.74, 6) is 2.27. The lowest BCUT2D eigenvalue weighted by atomic mass is 10.3. The van der Waals surface area contributed by atoms with Gasteiger partial charge in [-0.15, -0.1) is 0 Å². The van der Waals surface area contributed by atoms with E-state index in [1.807, 2.05) is 6.92 Å². The molecule has 0 radical (unpaired) electrons. The Morgan fingerprint density at radius 1 is 1.41 bits per heavy atom. The minimum absolute atomic E-state index is 0.521. The number of ether oxygens (including phenoxy) is 1. The summed E-state index contributed by atoms with van der Waals surface area (Å²) in [5, 5.41) is 3.86. The molecule has 94 valence electrons. The van der Waals surface area contributed by atoms with Crippen molar-refractivity contribution >= 4 is 17.4 Å². The molecule has 0 amide bonds. The average molecular weight is 256 g/mol. The highest BCUT2D eigenvalue weighted by atomic mass is 35.5. The Hall–Kier alpha value is -0.870. The second kappa shape index (κ2) is 5.65. The fraction of sp³-hybridized carbons (Fsp3) is 0.667. The number of aromatic nitrogens is 2. The number of anilines is 1. The molecule has 0 spiro atoms. The van der Waals surface area contributed by atoms with E-state index in [1.165, 1.54) is 12.8 Å². The maximum atomic E-state index is 6.12. The van der Waals surface area contributed by atoms with Crippen LogP contribution in [0.15, 0.2) is 0 Å². The van der Waals surface area contributed by atoms with Crippen molar-refractivity contribution in [3.63, 3.8) is 0 Å². The maximum absolute atomic E-state index is 6.12. The Morgan fingerprint density at radius 3 is 2.82 bits per heavy atom. The zero-order chi connectivity index (χ0) is 12.3. The molecule has 0 aromatic carbocycles. The molecule has 4 nitrogen and oxygen atoms in total. The van der Waals surface area contributed by atoms with Crippen molar-refractivity contribution in [3.8, 4) is 0 Å². The summed E-state index contributed by atoms with van der Waals surface area (Å²) in [6.07, 6.45) is 3.32. The first kappa shape index (κ1) is 12.6. The van der Waals surface area contributed by atoms with Crippen LogP contribution < -0.4 is 5.32 Å². The van der Waals surface area contributed by atoms with E-state index in [9.17, 15) is 0 Å². The molecule has 1 fully saturated rings. The number of rotatable bonds is 6. The van der Waals surface area contributed by atoms with Gasteiger partial charge in [-0.05, 0) is 26.2 Å². The van der Waals surface area contributed by atoms with Crippen molar-refractivity contribution in [1.82, 2.24) is 9.97 Å². The molecular formula is C12H18ClN3O. The number of halogens is 1. The Balaban J connectivity index is 2.03. The molecule has 1 N–H and O–H groups in total. The lowest BCUT2D eigenvalue weighted by molar-refractivity contribution is 0.197. The van der Waals surface area contributed by atoms with E-state index in [1.54, 1.807) is 7.11 Å². The molecule has 1 aromatic rings. The van der Waals surface area contributed by atoms with Crippen molar-refractivity contribution < 1.29 is 4.74 Å². The van der Waals surface area contributed by atoms with E-state index >= 15 is 0 Å². The minimum Gasteiger partial charge on any atom is -0.385 e. The fourth-order valence-corrected chi connectivity index (χ4v) is 1.80. The maximum Gasteiger partial charge on any atom is 0.137 e. The standard InChI is InChI=1S/C12H18ClN3O/c1-8-10(13)15-12(9-4-5-9)16-11(8)14-6-3-7-17-2/h9H,3-7H2,1-2H3,(H,14,15,16). The average Bonchev–Trinajstić information content (AvgIpc) is 3.13. The van der Waals surface area contributed by atoms with Gasteiger partial charge in [0, 0.05) is 31.7 Å². The summed E-state index contributed by atoms with van der Waals surface area (Å²) in [6.45, 7) is 3.53. The lowest BCUT2D eigenvalue weighted by Gasteiger charge is -2.10. The van der Waals surface area contributed by atoms with Gasteiger partial charge in [0.1, 0.15) is 16.8 Å². The van der Waals surface area contributed by atoms with Crippen molar-refractivity contribution in [2.75, 3.05) is 25.6 Å². The first-order valence-corrected chi connectivity index (χ1v) is 6.37. The molecule has 0 atom stereocenters. The third-order valence-corrected chi connectivity index (χ3v) is 3.23. The largest absolute Gasteiger partial charge is 0.385 e. The molecular weight excluding hydrogens is 238 g/mol. The molecule has 0 bridgehead atoms. The number of methoxy groups -OCH3 is 1. The van der Waals surface area contributed by atoms with E-state index in [0.717, 1.165) is 36.8 Å². The summed E-state index contributed by atoms with van der Waals surface area (Å²) < 4.78 is 5.01. The summed E-state index contributed by atoms with van der Waals surface area (Å²) in [5.41, 5.74) is 0.925. The molecule has 17 heavy (non-hydrogen) atoms. The molecule has 0 saturated heterocycles. The Labute approximate surface area is 107 Å². The van der Waals surface area contributed by atoms with Crippen molar-refractivity contribution in [3.05, 3.63) is 16.5 Å². The van der Waals surface area contributed by atoms with Gasteiger partial charge in [-0.2, -0.15) is 0 Å². The van der Waals surface area contributed by atoms with Crippen LogP contribution in [0.5, 0.6) is 0 Å². The molecule has 0 unspecified atom stereocenters. The molecule has 0 aliphatic heterocycles. The second-order valence-electron chi connectivity index (χ2n) is 4.39. The van der Waals surface area contributed by atoms with Crippen molar-refractivity contribution in [1.29, 1.82) is 0 Å². The van der Waals surface area contributed by atoms with Crippen LogP contribution in [0.3, 0.4) is 0 Å². The Kier molecular flexibility index (Phi) is 4.18. The third-order valence-electron chi connectivity index (χ3n) is 2.86. The quantitative estimate of drug-likeness (QED) is 0.627. The number of hydrogen-bond donors (Lipinski definition) is 1. The highest BCUT2D eigenvalue weighted by molar-refractivity contribution is 6.30. The summed E-state index contributed by atoms with van der Waals surface area (Å²) in [6, 6.07) is 0.